The summed E-state index contributed by atoms with van der Waals surface area (Å²) in [5.74, 6) is 3.32. The van der Waals surface area contributed by atoms with Crippen LogP contribution in [0.15, 0.2) is 53.3 Å². The Bertz CT molecular complexity index is 1250. The predicted molar refractivity (Wildman–Crippen MR) is 110 cm³/mol. The highest BCUT2D eigenvalue weighted by Crippen LogP contribution is 2.54. The largest absolute Gasteiger partial charge is 0.471 e. The fourth-order valence-electron chi connectivity index (χ4n) is 3.96. The molecule has 0 aliphatic heterocycles. The summed E-state index contributed by atoms with van der Waals surface area (Å²) in [4.78, 5) is 13.0. The highest BCUT2D eigenvalue weighted by molar-refractivity contribution is 6.01. The molecule has 0 radical (unpaired) electrons. The van der Waals surface area contributed by atoms with Crippen molar-refractivity contribution in [3.8, 4) is 11.8 Å². The van der Waals surface area contributed by atoms with Gasteiger partial charge in [0.25, 0.3) is 5.91 Å². The van der Waals surface area contributed by atoms with Gasteiger partial charge in [-0.25, -0.2) is 4.39 Å². The summed E-state index contributed by atoms with van der Waals surface area (Å²) in [7, 11) is 0. The van der Waals surface area contributed by atoms with Crippen LogP contribution >= 0.6 is 0 Å². The van der Waals surface area contributed by atoms with Crippen LogP contribution in [0.5, 0.6) is 0 Å². The molecule has 1 aromatic heterocycles. The fourth-order valence-corrected chi connectivity index (χ4v) is 3.96. The summed E-state index contributed by atoms with van der Waals surface area (Å²) in [5.41, 5.74) is -4.11. The van der Waals surface area contributed by atoms with Crippen molar-refractivity contribution in [3.05, 3.63) is 65.9 Å². The number of nitrogens with one attached hydrogen (secondary N) is 1. The van der Waals surface area contributed by atoms with Gasteiger partial charge in [0.2, 0.25) is 5.60 Å². The summed E-state index contributed by atoms with van der Waals surface area (Å²) in [6.45, 7) is 1.43. The number of hydrogen-bond acceptors (Lipinski definition) is 3. The number of carbonyl (C=O) groups excluding carboxylic acids is 1. The maximum absolute atomic E-state index is 14.5. The molecule has 2 N–H and O–H groups in total. The van der Waals surface area contributed by atoms with E-state index < -0.39 is 34.5 Å². The Labute approximate surface area is 181 Å². The number of amides is 1. The minimum atomic E-state index is -4.64. The molecule has 0 saturated heterocycles. The van der Waals surface area contributed by atoms with Crippen molar-refractivity contribution in [2.24, 2.45) is 0 Å². The van der Waals surface area contributed by atoms with Gasteiger partial charge in [0.1, 0.15) is 5.82 Å². The van der Waals surface area contributed by atoms with Crippen LogP contribution in [-0.2, 0) is 16.4 Å². The van der Waals surface area contributed by atoms with Crippen LogP contribution in [0.2, 0.25) is 0 Å². The van der Waals surface area contributed by atoms with Crippen molar-refractivity contribution in [2.45, 2.75) is 43.4 Å². The molecule has 1 aliphatic rings. The highest BCUT2D eigenvalue weighted by atomic mass is 19.4. The van der Waals surface area contributed by atoms with Gasteiger partial charge in [-0.15, -0.1) is 5.92 Å². The number of hydrogen-bond donors (Lipinski definition) is 2. The lowest BCUT2D eigenvalue weighted by molar-refractivity contribution is -0.137. The van der Waals surface area contributed by atoms with Crippen molar-refractivity contribution in [3.63, 3.8) is 0 Å². The molecule has 166 valence electrons. The number of aliphatic hydroxyl groups is 1. The predicted octanol–water partition coefficient (Wildman–Crippen LogP) is 5.41. The molecule has 1 unspecified atom stereocenters. The van der Waals surface area contributed by atoms with E-state index in [0.29, 0.717) is 24.6 Å². The molecule has 4 nitrogen and oxygen atoms in total. The lowest BCUT2D eigenvalue weighted by atomic mass is 9.82. The molecule has 1 heterocycles. The number of carbonyl (C=O) groups is 1. The average molecular weight is 445 g/mol. The van der Waals surface area contributed by atoms with Crippen LogP contribution in [0, 0.1) is 17.7 Å². The first-order chi connectivity index (χ1) is 15.1. The molecule has 0 spiro atoms. The number of alkyl halides is 3. The zero-order chi connectivity index (χ0) is 23.1. The van der Waals surface area contributed by atoms with E-state index in [9.17, 15) is 27.5 Å². The normalized spacial score (nSPS) is 16.7. The van der Waals surface area contributed by atoms with Gasteiger partial charge in [-0.2, -0.15) is 13.2 Å². The monoisotopic (exact) mass is 445 g/mol. The Kier molecular flexibility index (Phi) is 5.25. The molecule has 1 saturated carbocycles. The zero-order valence-electron chi connectivity index (χ0n) is 17.0. The van der Waals surface area contributed by atoms with Crippen molar-refractivity contribution in [2.75, 3.05) is 5.32 Å². The molecule has 1 atom stereocenters. The van der Waals surface area contributed by atoms with Crippen LogP contribution in [0.25, 0.3) is 10.8 Å². The Morgan fingerprint density at radius 3 is 2.53 bits per heavy atom. The van der Waals surface area contributed by atoms with Gasteiger partial charge in [0.15, 0.2) is 0 Å². The van der Waals surface area contributed by atoms with Crippen LogP contribution in [0.4, 0.5) is 23.2 Å². The second-order valence-electron chi connectivity index (χ2n) is 8.05. The maximum atomic E-state index is 14.5. The summed E-state index contributed by atoms with van der Waals surface area (Å²) < 4.78 is 59.1. The number of rotatable bonds is 5. The number of halogens is 4. The van der Waals surface area contributed by atoms with Crippen LogP contribution in [0.3, 0.4) is 0 Å². The molecule has 4 rings (SSSR count). The van der Waals surface area contributed by atoms with Crippen LogP contribution < -0.4 is 5.32 Å². The fraction of sp³-hybridized carbons (Fsp3) is 0.292. The van der Waals surface area contributed by atoms with Crippen molar-refractivity contribution >= 4 is 22.4 Å². The van der Waals surface area contributed by atoms with Gasteiger partial charge < -0.3 is 14.8 Å². The standard InChI is InChI=1S/C24H19F4NO3/c1-2-7-23(31,21(30)29-18-5-3-15-12-32-13-16(15)10-18)14-22(8-9-22)19-11-17(24(26,27)28)4-6-20(19)25/h3-6,10-13,31H,8-9,14H2,1H3,(H,29,30). The molecule has 1 aliphatic carbocycles. The Hall–Kier alpha value is -3.31. The van der Waals surface area contributed by atoms with E-state index in [0.717, 1.165) is 22.9 Å². The molecular weight excluding hydrogens is 426 g/mol. The van der Waals surface area contributed by atoms with E-state index in [1.165, 1.54) is 13.2 Å². The van der Waals surface area contributed by atoms with Gasteiger partial charge in [-0.1, -0.05) is 5.92 Å². The number of fused-ring (bicyclic) bond motifs is 1. The lowest BCUT2D eigenvalue weighted by Crippen LogP contribution is -2.44. The van der Waals surface area contributed by atoms with Gasteiger partial charge in [-0.3, -0.25) is 4.79 Å². The molecule has 0 bridgehead atoms. The smallest absolute Gasteiger partial charge is 0.416 e. The molecule has 1 amide bonds. The summed E-state index contributed by atoms with van der Waals surface area (Å²) in [6, 6.07) is 7.19. The number of benzene rings is 2. The second-order valence-corrected chi connectivity index (χ2v) is 8.05. The zero-order valence-corrected chi connectivity index (χ0v) is 17.0. The van der Waals surface area contributed by atoms with Gasteiger partial charge in [-0.05, 0) is 61.7 Å². The van der Waals surface area contributed by atoms with Crippen LogP contribution in [0.1, 0.15) is 37.3 Å². The number of furan rings is 1. The van der Waals surface area contributed by atoms with Gasteiger partial charge in [0.05, 0.1) is 18.1 Å². The highest BCUT2D eigenvalue weighted by Gasteiger charge is 2.53. The van der Waals surface area contributed by atoms with Crippen molar-refractivity contribution < 1.29 is 31.9 Å². The SMILES string of the molecule is CC#CC(O)(CC1(c2cc(C(F)(F)F)ccc2F)CC1)C(=O)Nc1ccc2cocc2c1. The average Bonchev–Trinajstić information content (AvgIpc) is 3.33. The number of anilines is 1. The summed E-state index contributed by atoms with van der Waals surface area (Å²) in [6.07, 6.45) is -1.28. The van der Waals surface area contributed by atoms with Crippen molar-refractivity contribution in [1.29, 1.82) is 0 Å². The first-order valence-corrected chi connectivity index (χ1v) is 9.87. The third kappa shape index (κ3) is 4.08. The van der Waals surface area contributed by atoms with E-state index in [1.54, 1.807) is 24.5 Å². The van der Waals surface area contributed by atoms with E-state index >= 15 is 0 Å². The third-order valence-corrected chi connectivity index (χ3v) is 5.75. The third-order valence-electron chi connectivity index (χ3n) is 5.75. The van der Waals surface area contributed by atoms with Crippen LogP contribution in [-0.4, -0.2) is 16.6 Å². The van der Waals surface area contributed by atoms with Crippen molar-refractivity contribution in [1.82, 2.24) is 0 Å². The molecule has 1 fully saturated rings. The van der Waals surface area contributed by atoms with E-state index in [1.807, 2.05) is 0 Å². The topological polar surface area (TPSA) is 62.5 Å². The lowest BCUT2D eigenvalue weighted by Gasteiger charge is -2.28. The molecular formula is C24H19F4NO3. The van der Waals surface area contributed by atoms with E-state index in [2.05, 4.69) is 17.2 Å². The molecule has 2 aromatic carbocycles. The first kappa shape index (κ1) is 21.9. The minimum Gasteiger partial charge on any atom is -0.471 e. The first-order valence-electron chi connectivity index (χ1n) is 9.87. The van der Waals surface area contributed by atoms with E-state index in [-0.39, 0.29) is 12.0 Å². The quantitative estimate of drug-likeness (QED) is 0.408. The van der Waals surface area contributed by atoms with Gasteiger partial charge in [0, 0.05) is 28.3 Å². The maximum Gasteiger partial charge on any atom is 0.416 e. The Morgan fingerprint density at radius 2 is 1.88 bits per heavy atom. The summed E-state index contributed by atoms with van der Waals surface area (Å²) in [5, 5.41) is 15.3. The minimum absolute atomic E-state index is 0.170. The Balaban J connectivity index is 1.63. The summed E-state index contributed by atoms with van der Waals surface area (Å²) >= 11 is 0. The Morgan fingerprint density at radius 1 is 1.16 bits per heavy atom. The second kappa shape index (κ2) is 7.68. The van der Waals surface area contributed by atoms with Gasteiger partial charge >= 0.3 is 6.18 Å². The molecule has 3 aromatic rings. The molecule has 8 heteroatoms. The van der Waals surface area contributed by atoms with E-state index in [4.69, 9.17) is 4.42 Å². The molecule has 32 heavy (non-hydrogen) atoms.